The van der Waals surface area contributed by atoms with Crippen molar-refractivity contribution in [2.24, 2.45) is 0 Å². The molecule has 1 nitrogen and oxygen atoms in total. The van der Waals surface area contributed by atoms with E-state index < -0.39 is 0 Å². The quantitative estimate of drug-likeness (QED) is 0.587. The summed E-state index contributed by atoms with van der Waals surface area (Å²) in [5.41, 5.74) is 2.85. The zero-order valence-electron chi connectivity index (χ0n) is 4.57. The van der Waals surface area contributed by atoms with Crippen LogP contribution in [-0.4, -0.2) is 0 Å². The van der Waals surface area contributed by atoms with Crippen LogP contribution < -0.4 is 4.35 Å². The molecule has 0 saturated heterocycles. The topological polar surface area (TPSA) is 12.0 Å². The number of fused-ring (bicyclic) bond motifs is 1. The van der Waals surface area contributed by atoms with Crippen molar-refractivity contribution in [3.8, 4) is 11.1 Å². The number of nitrogens with one attached hydrogen (secondary N) is 1. The molecule has 0 aromatic carbocycles. The van der Waals surface area contributed by atoms with Gasteiger partial charge in [-0.3, -0.25) is 0 Å². The third-order valence-corrected chi connectivity index (χ3v) is 1.22. The minimum atomic E-state index is 1.43. The first-order chi connectivity index (χ1) is 4.38. The van der Waals surface area contributed by atoms with Gasteiger partial charge in [-0.05, 0) is 34.7 Å². The summed E-state index contributed by atoms with van der Waals surface area (Å²) in [5.74, 6) is 0. The molecule has 0 spiro atoms. The van der Waals surface area contributed by atoms with Crippen molar-refractivity contribution in [3.05, 3.63) is 24.3 Å². The Morgan fingerprint density at radius 1 is 0.889 bits per heavy atom. The minimum absolute atomic E-state index is 1.43. The predicted octanol–water partition coefficient (Wildman–Crippen LogP) is 2.55. The van der Waals surface area contributed by atoms with Crippen LogP contribution in [0.1, 0.15) is 0 Å². The summed E-state index contributed by atoms with van der Waals surface area (Å²) < 4.78 is 1.69. The lowest BCUT2D eigenvalue weighted by Crippen LogP contribution is -1.85. The highest BCUT2D eigenvalue weighted by Gasteiger charge is 2.03. The summed E-state index contributed by atoms with van der Waals surface area (Å²) in [4.78, 5) is 0. The maximum absolute atomic E-state index is 4.51. The van der Waals surface area contributed by atoms with Gasteiger partial charge in [0, 0.05) is 0 Å². The van der Waals surface area contributed by atoms with Crippen LogP contribution in [0.3, 0.4) is 0 Å². The second kappa shape index (κ2) is 3.06. The molecule has 0 bridgehead atoms. The highest BCUT2D eigenvalue weighted by atomic mass is 35.5. The van der Waals surface area contributed by atoms with Crippen LogP contribution in [0, 0.1) is 0 Å². The van der Waals surface area contributed by atoms with E-state index in [0.717, 1.165) is 0 Å². The van der Waals surface area contributed by atoms with Crippen LogP contribution >= 0.6 is 23.6 Å². The molecule has 0 fully saturated rings. The largest absolute Gasteiger partial charge is 0.145 e. The van der Waals surface area contributed by atoms with Crippen LogP contribution in [0.15, 0.2) is 24.3 Å². The molecule has 3 heteroatoms. The maximum atomic E-state index is 4.51. The van der Waals surface area contributed by atoms with Gasteiger partial charge in [0.1, 0.15) is 0 Å². The van der Waals surface area contributed by atoms with Crippen molar-refractivity contribution in [1.29, 1.82) is 0 Å². The maximum Gasteiger partial charge on any atom is -0.00838 e. The van der Waals surface area contributed by atoms with Crippen molar-refractivity contribution >= 4 is 23.6 Å². The molecule has 0 heterocycles. The van der Waals surface area contributed by atoms with E-state index in [1.54, 1.807) is 4.35 Å². The Hall–Kier alpha value is -0.240. The average molecular weight is 162 g/mol. The first-order valence-electron chi connectivity index (χ1n) is 2.45. The number of rotatable bonds is 0. The summed E-state index contributed by atoms with van der Waals surface area (Å²) in [7, 11) is 0. The van der Waals surface area contributed by atoms with Gasteiger partial charge in [0.15, 0.2) is 0 Å². The van der Waals surface area contributed by atoms with Crippen molar-refractivity contribution in [3.63, 3.8) is 0 Å². The Labute approximate surface area is 63.8 Å². The van der Waals surface area contributed by atoms with E-state index >= 15 is 0 Å². The monoisotopic (exact) mass is 161 g/mol. The van der Waals surface area contributed by atoms with Gasteiger partial charge in [0.05, 0.1) is 0 Å². The molecule has 0 aromatic heterocycles. The highest BCUT2D eigenvalue weighted by Crippen LogP contribution is 2.29. The van der Waals surface area contributed by atoms with Crippen LogP contribution in [0.2, 0.25) is 0 Å². The fourth-order valence-electron chi connectivity index (χ4n) is 0.663. The highest BCUT2D eigenvalue weighted by molar-refractivity contribution is 6.33. The lowest BCUT2D eigenvalue weighted by atomic mass is 9.95. The number of hydrogen-bond acceptors (Lipinski definition) is 1. The fourth-order valence-corrected chi connectivity index (χ4v) is 0.663. The Morgan fingerprint density at radius 3 is 1.11 bits per heavy atom. The molecule has 0 aliphatic heterocycles. The van der Waals surface area contributed by atoms with Gasteiger partial charge in [0.2, 0.25) is 0 Å². The van der Waals surface area contributed by atoms with Crippen molar-refractivity contribution in [2.75, 3.05) is 0 Å². The Bertz CT molecular complexity index is 162. The standard InChI is InChI=1S/C6H4.Cl2HN/c1-2-6-4-3-5(1)6;1-3-2/h1-4H;3H. The fraction of sp³-hybridized carbons (Fsp3) is 0. The first kappa shape index (κ1) is 6.87. The van der Waals surface area contributed by atoms with Gasteiger partial charge >= 0.3 is 0 Å². The van der Waals surface area contributed by atoms with Gasteiger partial charge in [-0.1, -0.05) is 24.3 Å². The van der Waals surface area contributed by atoms with E-state index in [9.17, 15) is 0 Å². The van der Waals surface area contributed by atoms with E-state index in [-0.39, 0.29) is 0 Å². The van der Waals surface area contributed by atoms with E-state index in [1.807, 2.05) is 0 Å². The van der Waals surface area contributed by atoms with E-state index in [0.29, 0.717) is 0 Å². The van der Waals surface area contributed by atoms with Crippen LogP contribution in [0.4, 0.5) is 0 Å². The lowest BCUT2D eigenvalue weighted by Gasteiger charge is -2.10. The van der Waals surface area contributed by atoms with Gasteiger partial charge in [-0.25, -0.2) is 0 Å². The summed E-state index contributed by atoms with van der Waals surface area (Å²) in [6.45, 7) is 0. The first-order valence-corrected chi connectivity index (χ1v) is 3.21. The molecule has 0 aromatic rings. The third kappa shape index (κ3) is 1.36. The smallest absolute Gasteiger partial charge is 0.00838 e. The second-order valence-electron chi connectivity index (χ2n) is 1.65. The van der Waals surface area contributed by atoms with E-state index in [2.05, 4.69) is 47.8 Å². The van der Waals surface area contributed by atoms with Gasteiger partial charge in [-0.2, -0.15) is 0 Å². The molecule has 0 unspecified atom stereocenters. The summed E-state index contributed by atoms with van der Waals surface area (Å²) in [6.07, 6.45) is 0. The van der Waals surface area contributed by atoms with Gasteiger partial charge in [0.25, 0.3) is 0 Å². The molecule has 2 aliphatic carbocycles. The molecule has 0 amide bonds. The molecule has 9 heavy (non-hydrogen) atoms. The predicted molar refractivity (Wildman–Crippen MR) is 40.3 cm³/mol. The molecular weight excluding hydrogens is 157 g/mol. The van der Waals surface area contributed by atoms with E-state index in [1.165, 1.54) is 11.1 Å². The third-order valence-electron chi connectivity index (χ3n) is 1.22. The summed E-state index contributed by atoms with van der Waals surface area (Å²) >= 11 is 9.03. The molecular formula is C6H5Cl2N. The summed E-state index contributed by atoms with van der Waals surface area (Å²) in [5, 5.41) is 0. The average Bonchev–Trinajstić information content (AvgIpc) is 1.81. The summed E-state index contributed by atoms with van der Waals surface area (Å²) in [6, 6.07) is 8.48. The van der Waals surface area contributed by atoms with Crippen LogP contribution in [0.5, 0.6) is 0 Å². The molecule has 0 saturated carbocycles. The number of benzene rings is 1. The van der Waals surface area contributed by atoms with Crippen LogP contribution in [-0.2, 0) is 0 Å². The molecule has 2 aliphatic rings. The Kier molecular flexibility index (Phi) is 2.34. The molecule has 2 rings (SSSR count). The number of hydrogen-bond donors (Lipinski definition) is 1. The van der Waals surface area contributed by atoms with Gasteiger partial charge < -0.3 is 0 Å². The SMILES string of the molecule is ClNCl.c1cc2ccc1-2. The molecule has 48 valence electrons. The van der Waals surface area contributed by atoms with Crippen molar-refractivity contribution in [2.45, 2.75) is 0 Å². The van der Waals surface area contributed by atoms with Crippen molar-refractivity contribution < 1.29 is 0 Å². The normalized spacial score (nSPS) is 9.56. The second-order valence-corrected chi connectivity index (χ2v) is 2.22. The minimum Gasteiger partial charge on any atom is -0.145 e. The molecule has 0 radical (unpaired) electrons. The number of halogens is 2. The van der Waals surface area contributed by atoms with Gasteiger partial charge in [-0.15, -0.1) is 4.35 Å². The van der Waals surface area contributed by atoms with Crippen molar-refractivity contribution in [1.82, 2.24) is 4.35 Å². The Balaban J connectivity index is 0.000000120. The zero-order valence-corrected chi connectivity index (χ0v) is 6.08. The lowest BCUT2D eigenvalue weighted by molar-refractivity contribution is 1.55. The molecule has 0 atom stereocenters. The van der Waals surface area contributed by atoms with Crippen LogP contribution in [0.25, 0.3) is 11.1 Å². The van der Waals surface area contributed by atoms with E-state index in [4.69, 9.17) is 0 Å². The molecule has 1 N–H and O–H groups in total. The zero-order chi connectivity index (χ0) is 6.69. The Morgan fingerprint density at radius 2 is 1.11 bits per heavy atom.